The number of piperazine rings is 1. The molecule has 0 aliphatic carbocycles. The van der Waals surface area contributed by atoms with Crippen molar-refractivity contribution in [1.82, 2.24) is 19.0 Å². The summed E-state index contributed by atoms with van der Waals surface area (Å²) in [7, 11) is -3.51. The van der Waals surface area contributed by atoms with Gasteiger partial charge in [0.25, 0.3) is 10.0 Å². The minimum absolute atomic E-state index is 0.0329. The Kier molecular flexibility index (Phi) is 5.91. The van der Waals surface area contributed by atoms with Crippen LogP contribution in [0.5, 0.6) is 0 Å². The number of rotatable bonds is 4. The molecule has 0 N–H and O–H groups in total. The van der Waals surface area contributed by atoms with Crippen molar-refractivity contribution in [1.29, 1.82) is 0 Å². The van der Waals surface area contributed by atoms with Crippen LogP contribution < -0.4 is 0 Å². The number of carbonyl (C=O) groups excluding carboxylic acids is 1. The lowest BCUT2D eigenvalue weighted by Crippen LogP contribution is -2.54. The second-order valence-electron chi connectivity index (χ2n) is 7.48. The van der Waals surface area contributed by atoms with Gasteiger partial charge in [0, 0.05) is 52.4 Å². The molecule has 28 heavy (non-hydrogen) atoms. The second-order valence-corrected chi connectivity index (χ2v) is 9.35. The monoisotopic (exact) mass is 412 g/mol. The molecule has 156 valence electrons. The zero-order valence-electron chi connectivity index (χ0n) is 16.1. The Morgan fingerprint density at radius 3 is 2.21 bits per heavy atom. The fraction of sp³-hybridized carbons (Fsp3) is 0.722. The number of hydrogen-bond donors (Lipinski definition) is 0. The summed E-state index contributed by atoms with van der Waals surface area (Å²) < 4.78 is 37.6. The molecule has 9 nitrogen and oxygen atoms in total. The van der Waals surface area contributed by atoms with E-state index in [1.807, 2.05) is 9.80 Å². The zero-order chi connectivity index (χ0) is 19.6. The first-order chi connectivity index (χ1) is 13.5. The molecule has 4 heterocycles. The van der Waals surface area contributed by atoms with Gasteiger partial charge in [-0.3, -0.25) is 4.90 Å². The zero-order valence-corrected chi connectivity index (χ0v) is 16.9. The highest BCUT2D eigenvalue weighted by Crippen LogP contribution is 2.23. The molecule has 3 aliphatic heterocycles. The minimum Gasteiger partial charge on any atom is -0.447 e. The van der Waals surface area contributed by atoms with E-state index in [9.17, 15) is 13.2 Å². The standard InChI is InChI=1S/C18H28N4O5S/c23-18(21-11-13-26-14-12-21)20-9-7-19(8-10-20)15-16-3-4-17(27-16)28(24,25)22-5-1-2-6-22/h3-4H,1-2,5-15H2. The molecule has 0 unspecified atom stereocenters. The Hall–Kier alpha value is -1.62. The summed E-state index contributed by atoms with van der Waals surface area (Å²) in [6.45, 7) is 7.00. The van der Waals surface area contributed by atoms with Crippen LogP contribution in [0.2, 0.25) is 0 Å². The average molecular weight is 413 g/mol. The Labute approximate surface area is 165 Å². The van der Waals surface area contributed by atoms with Crippen LogP contribution in [0.15, 0.2) is 21.6 Å². The third-order valence-corrected chi connectivity index (χ3v) is 7.37. The van der Waals surface area contributed by atoms with E-state index in [-0.39, 0.29) is 11.1 Å². The Morgan fingerprint density at radius 1 is 0.893 bits per heavy atom. The van der Waals surface area contributed by atoms with Gasteiger partial charge in [0.1, 0.15) is 5.76 Å². The van der Waals surface area contributed by atoms with Gasteiger partial charge in [0.15, 0.2) is 0 Å². The largest absolute Gasteiger partial charge is 0.447 e. The molecular weight excluding hydrogens is 384 g/mol. The smallest absolute Gasteiger partial charge is 0.320 e. The Bertz CT molecular complexity index is 776. The molecule has 3 saturated heterocycles. The van der Waals surface area contributed by atoms with Gasteiger partial charge in [0.2, 0.25) is 5.09 Å². The molecule has 0 bridgehead atoms. The van der Waals surface area contributed by atoms with Crippen molar-refractivity contribution in [2.45, 2.75) is 24.5 Å². The molecule has 0 radical (unpaired) electrons. The predicted octanol–water partition coefficient (Wildman–Crippen LogP) is 0.634. The van der Waals surface area contributed by atoms with Gasteiger partial charge in [-0.25, -0.2) is 13.2 Å². The number of carbonyl (C=O) groups is 1. The first-order valence-electron chi connectivity index (χ1n) is 9.97. The van der Waals surface area contributed by atoms with Crippen LogP contribution in [0, 0.1) is 0 Å². The fourth-order valence-corrected chi connectivity index (χ4v) is 5.36. The van der Waals surface area contributed by atoms with Crippen molar-refractivity contribution in [2.75, 3.05) is 65.6 Å². The number of sulfonamides is 1. The number of morpholine rings is 1. The maximum absolute atomic E-state index is 12.6. The highest BCUT2D eigenvalue weighted by molar-refractivity contribution is 7.89. The molecular formula is C18H28N4O5S. The molecule has 0 saturated carbocycles. The summed E-state index contributed by atoms with van der Waals surface area (Å²) in [6.07, 6.45) is 1.81. The molecule has 1 aromatic rings. The molecule has 2 amide bonds. The van der Waals surface area contributed by atoms with E-state index in [0.717, 1.165) is 25.9 Å². The normalized spacial score (nSPS) is 22.7. The van der Waals surface area contributed by atoms with Crippen LogP contribution in [0.1, 0.15) is 18.6 Å². The van der Waals surface area contributed by atoms with Crippen LogP contribution in [0.3, 0.4) is 0 Å². The first-order valence-corrected chi connectivity index (χ1v) is 11.4. The topological polar surface area (TPSA) is 86.5 Å². The van der Waals surface area contributed by atoms with Crippen molar-refractivity contribution in [3.63, 3.8) is 0 Å². The van der Waals surface area contributed by atoms with E-state index < -0.39 is 10.0 Å². The number of urea groups is 1. The fourth-order valence-electron chi connectivity index (χ4n) is 3.91. The lowest BCUT2D eigenvalue weighted by atomic mass is 10.3. The van der Waals surface area contributed by atoms with Gasteiger partial charge in [0.05, 0.1) is 19.8 Å². The van der Waals surface area contributed by atoms with Crippen molar-refractivity contribution in [2.24, 2.45) is 0 Å². The lowest BCUT2D eigenvalue weighted by molar-refractivity contribution is 0.0369. The van der Waals surface area contributed by atoms with E-state index in [4.69, 9.17) is 9.15 Å². The number of amides is 2. The molecule has 0 spiro atoms. The van der Waals surface area contributed by atoms with E-state index in [2.05, 4.69) is 4.90 Å². The van der Waals surface area contributed by atoms with Crippen LogP contribution >= 0.6 is 0 Å². The summed E-state index contributed by atoms with van der Waals surface area (Å²) >= 11 is 0. The van der Waals surface area contributed by atoms with Gasteiger partial charge >= 0.3 is 6.03 Å². The van der Waals surface area contributed by atoms with Crippen LogP contribution in [-0.4, -0.2) is 99.0 Å². The molecule has 0 atom stereocenters. The summed E-state index contributed by atoms with van der Waals surface area (Å²) in [5.41, 5.74) is 0. The van der Waals surface area contributed by atoms with Gasteiger partial charge in [-0.05, 0) is 25.0 Å². The SMILES string of the molecule is O=C(N1CCOCC1)N1CCN(Cc2ccc(S(=O)(=O)N3CCCC3)o2)CC1. The molecule has 10 heteroatoms. The molecule has 4 rings (SSSR count). The van der Waals surface area contributed by atoms with Gasteiger partial charge < -0.3 is 19.0 Å². The average Bonchev–Trinajstić information content (AvgIpc) is 3.42. The molecule has 0 aromatic carbocycles. The summed E-state index contributed by atoms with van der Waals surface area (Å²) in [4.78, 5) is 18.5. The number of furan rings is 1. The second kappa shape index (κ2) is 8.40. The maximum atomic E-state index is 12.6. The number of nitrogens with zero attached hydrogens (tertiary/aromatic N) is 4. The van der Waals surface area contributed by atoms with E-state index >= 15 is 0 Å². The van der Waals surface area contributed by atoms with Crippen molar-refractivity contribution in [3.05, 3.63) is 17.9 Å². The summed E-state index contributed by atoms with van der Waals surface area (Å²) in [5.74, 6) is 0.644. The lowest BCUT2D eigenvalue weighted by Gasteiger charge is -2.38. The van der Waals surface area contributed by atoms with Crippen molar-refractivity contribution < 1.29 is 22.4 Å². The van der Waals surface area contributed by atoms with Gasteiger partial charge in [-0.1, -0.05) is 0 Å². The highest BCUT2D eigenvalue weighted by atomic mass is 32.2. The van der Waals surface area contributed by atoms with Gasteiger partial charge in [-0.2, -0.15) is 4.31 Å². The molecule has 3 aliphatic rings. The maximum Gasteiger partial charge on any atom is 0.320 e. The van der Waals surface area contributed by atoms with Crippen LogP contribution in [-0.2, 0) is 21.3 Å². The summed E-state index contributed by atoms with van der Waals surface area (Å²) in [5, 5.41) is 0.0329. The van der Waals surface area contributed by atoms with Crippen molar-refractivity contribution in [3.8, 4) is 0 Å². The third kappa shape index (κ3) is 4.19. The molecule has 1 aromatic heterocycles. The minimum atomic E-state index is -3.51. The highest BCUT2D eigenvalue weighted by Gasteiger charge is 2.31. The first kappa shape index (κ1) is 19.7. The van der Waals surface area contributed by atoms with E-state index in [0.29, 0.717) is 64.8 Å². The van der Waals surface area contributed by atoms with E-state index in [1.165, 1.54) is 4.31 Å². The van der Waals surface area contributed by atoms with Gasteiger partial charge in [-0.15, -0.1) is 0 Å². The number of hydrogen-bond acceptors (Lipinski definition) is 6. The Balaban J connectivity index is 1.29. The van der Waals surface area contributed by atoms with Crippen LogP contribution in [0.4, 0.5) is 4.79 Å². The van der Waals surface area contributed by atoms with Crippen LogP contribution in [0.25, 0.3) is 0 Å². The van der Waals surface area contributed by atoms with E-state index in [1.54, 1.807) is 12.1 Å². The quantitative estimate of drug-likeness (QED) is 0.721. The number of ether oxygens (including phenoxy) is 1. The third-order valence-electron chi connectivity index (χ3n) is 5.60. The van der Waals surface area contributed by atoms with Crippen molar-refractivity contribution >= 4 is 16.1 Å². The Morgan fingerprint density at radius 2 is 1.54 bits per heavy atom. The predicted molar refractivity (Wildman–Crippen MR) is 101 cm³/mol. The summed E-state index contributed by atoms with van der Waals surface area (Å²) in [6, 6.07) is 3.38. The molecule has 3 fully saturated rings.